The number of hydrogen-bond donors (Lipinski definition) is 2. The van der Waals surface area contributed by atoms with Crippen LogP contribution in [0.5, 0.6) is 0 Å². The average molecular weight is 276 g/mol. The molecule has 20 heavy (non-hydrogen) atoms. The summed E-state index contributed by atoms with van der Waals surface area (Å²) in [7, 11) is 1.87. The van der Waals surface area contributed by atoms with Gasteiger partial charge < -0.3 is 15.2 Å². The SMILES string of the molecule is Cc1c(CNC(C)C(=O)NCC(C)C)cc(C#N)n1C. The first-order valence-electron chi connectivity index (χ1n) is 6.93. The summed E-state index contributed by atoms with van der Waals surface area (Å²) in [5, 5.41) is 15.1. The number of nitrogens with one attached hydrogen (secondary N) is 2. The van der Waals surface area contributed by atoms with E-state index in [0.29, 0.717) is 24.7 Å². The molecule has 0 bridgehead atoms. The molecule has 5 nitrogen and oxygen atoms in total. The second-order valence-electron chi connectivity index (χ2n) is 5.55. The zero-order valence-electron chi connectivity index (χ0n) is 12.9. The van der Waals surface area contributed by atoms with Gasteiger partial charge in [-0.15, -0.1) is 0 Å². The summed E-state index contributed by atoms with van der Waals surface area (Å²) >= 11 is 0. The van der Waals surface area contributed by atoms with Crippen molar-refractivity contribution in [3.63, 3.8) is 0 Å². The predicted octanol–water partition coefficient (Wildman–Crippen LogP) is 1.46. The number of aromatic nitrogens is 1. The molecule has 0 saturated carbocycles. The highest BCUT2D eigenvalue weighted by atomic mass is 16.2. The van der Waals surface area contributed by atoms with Gasteiger partial charge in [0.15, 0.2) is 0 Å². The first kappa shape index (κ1) is 16.3. The molecule has 0 fully saturated rings. The van der Waals surface area contributed by atoms with Crippen molar-refractivity contribution >= 4 is 5.91 Å². The summed E-state index contributed by atoms with van der Waals surface area (Å²) in [6.07, 6.45) is 0. The van der Waals surface area contributed by atoms with Gasteiger partial charge in [-0.1, -0.05) is 13.8 Å². The van der Waals surface area contributed by atoms with Crippen molar-refractivity contribution in [2.24, 2.45) is 13.0 Å². The standard InChI is InChI=1S/C15H24N4O/c1-10(2)8-18-15(20)11(3)17-9-13-6-14(7-16)19(5)12(13)4/h6,10-11,17H,8-9H2,1-5H3,(H,18,20). The topological polar surface area (TPSA) is 69.8 Å². The van der Waals surface area contributed by atoms with Gasteiger partial charge in [0.1, 0.15) is 11.8 Å². The van der Waals surface area contributed by atoms with Gasteiger partial charge >= 0.3 is 0 Å². The quantitative estimate of drug-likeness (QED) is 0.826. The zero-order chi connectivity index (χ0) is 15.3. The van der Waals surface area contributed by atoms with Crippen molar-refractivity contribution in [3.05, 3.63) is 23.0 Å². The van der Waals surface area contributed by atoms with Gasteiger partial charge in [-0.2, -0.15) is 5.26 Å². The number of carbonyl (C=O) groups excluding carboxylic acids is 1. The van der Waals surface area contributed by atoms with Crippen molar-refractivity contribution in [1.82, 2.24) is 15.2 Å². The Hall–Kier alpha value is -1.80. The van der Waals surface area contributed by atoms with Crippen molar-refractivity contribution in [2.75, 3.05) is 6.54 Å². The molecule has 1 aromatic rings. The van der Waals surface area contributed by atoms with Gasteiger partial charge in [0.2, 0.25) is 5.91 Å². The van der Waals surface area contributed by atoms with E-state index in [0.717, 1.165) is 11.3 Å². The molecule has 0 aliphatic carbocycles. The fraction of sp³-hybridized carbons (Fsp3) is 0.600. The van der Waals surface area contributed by atoms with E-state index < -0.39 is 0 Å². The molecule has 1 rings (SSSR count). The molecule has 0 aliphatic rings. The maximum atomic E-state index is 11.9. The largest absolute Gasteiger partial charge is 0.354 e. The summed E-state index contributed by atoms with van der Waals surface area (Å²) in [6.45, 7) is 9.22. The molecule has 110 valence electrons. The summed E-state index contributed by atoms with van der Waals surface area (Å²) in [4.78, 5) is 11.9. The zero-order valence-corrected chi connectivity index (χ0v) is 12.9. The lowest BCUT2D eigenvalue weighted by Crippen LogP contribution is -2.43. The Morgan fingerprint density at radius 2 is 2.10 bits per heavy atom. The van der Waals surface area contributed by atoms with Gasteiger partial charge in [0, 0.05) is 25.8 Å². The highest BCUT2D eigenvalue weighted by molar-refractivity contribution is 5.81. The van der Waals surface area contributed by atoms with E-state index in [1.165, 1.54) is 0 Å². The second kappa shape index (κ2) is 7.11. The van der Waals surface area contributed by atoms with Crippen LogP contribution in [0.15, 0.2) is 6.07 Å². The first-order valence-corrected chi connectivity index (χ1v) is 6.93. The van der Waals surface area contributed by atoms with E-state index in [1.54, 1.807) is 0 Å². The fourth-order valence-electron chi connectivity index (χ4n) is 1.86. The number of rotatable bonds is 6. The highest BCUT2D eigenvalue weighted by Gasteiger charge is 2.14. The molecule has 1 amide bonds. The molecule has 5 heteroatoms. The van der Waals surface area contributed by atoms with Gasteiger partial charge in [-0.05, 0) is 31.4 Å². The van der Waals surface area contributed by atoms with Crippen molar-refractivity contribution in [3.8, 4) is 6.07 Å². The lowest BCUT2D eigenvalue weighted by Gasteiger charge is -2.15. The molecule has 0 saturated heterocycles. The molecule has 1 heterocycles. The van der Waals surface area contributed by atoms with Gasteiger partial charge in [-0.25, -0.2) is 0 Å². The summed E-state index contributed by atoms with van der Waals surface area (Å²) in [5.41, 5.74) is 2.73. The van der Waals surface area contributed by atoms with Crippen LogP contribution in [0.2, 0.25) is 0 Å². The molecular weight excluding hydrogens is 252 g/mol. The highest BCUT2D eigenvalue weighted by Crippen LogP contribution is 2.13. The van der Waals surface area contributed by atoms with E-state index >= 15 is 0 Å². The second-order valence-corrected chi connectivity index (χ2v) is 5.55. The summed E-state index contributed by atoms with van der Waals surface area (Å²) < 4.78 is 1.86. The van der Waals surface area contributed by atoms with Crippen LogP contribution >= 0.6 is 0 Å². The molecule has 2 N–H and O–H groups in total. The van der Waals surface area contributed by atoms with Crippen LogP contribution in [0.3, 0.4) is 0 Å². The number of nitriles is 1. The average Bonchev–Trinajstić information content (AvgIpc) is 2.69. The van der Waals surface area contributed by atoms with Crippen LogP contribution in [-0.4, -0.2) is 23.1 Å². The summed E-state index contributed by atoms with van der Waals surface area (Å²) in [6, 6.07) is 3.77. The van der Waals surface area contributed by atoms with Crippen molar-refractivity contribution < 1.29 is 4.79 Å². The molecule has 0 radical (unpaired) electrons. The Morgan fingerprint density at radius 1 is 1.45 bits per heavy atom. The van der Waals surface area contributed by atoms with Crippen LogP contribution in [-0.2, 0) is 18.4 Å². The molecular formula is C15H24N4O. The third kappa shape index (κ3) is 4.10. The van der Waals surface area contributed by atoms with E-state index in [2.05, 4.69) is 30.6 Å². The first-order chi connectivity index (χ1) is 9.36. The Morgan fingerprint density at radius 3 is 2.60 bits per heavy atom. The smallest absolute Gasteiger partial charge is 0.236 e. The minimum absolute atomic E-state index is 0.00721. The molecule has 0 spiro atoms. The van der Waals surface area contributed by atoms with Gasteiger partial charge in [0.05, 0.1) is 6.04 Å². The Balaban J connectivity index is 2.55. The Labute approximate surface area is 121 Å². The molecule has 0 aliphatic heterocycles. The number of hydrogen-bond acceptors (Lipinski definition) is 3. The molecule has 0 aromatic carbocycles. The van der Waals surface area contributed by atoms with E-state index in [1.807, 2.05) is 31.5 Å². The van der Waals surface area contributed by atoms with E-state index in [9.17, 15) is 4.79 Å². The van der Waals surface area contributed by atoms with Crippen molar-refractivity contribution in [2.45, 2.75) is 40.3 Å². The third-order valence-electron chi connectivity index (χ3n) is 3.43. The van der Waals surface area contributed by atoms with Crippen LogP contribution in [0.1, 0.15) is 37.7 Å². The van der Waals surface area contributed by atoms with Crippen LogP contribution < -0.4 is 10.6 Å². The van der Waals surface area contributed by atoms with Gasteiger partial charge in [0.25, 0.3) is 0 Å². The number of nitrogens with zero attached hydrogens (tertiary/aromatic N) is 2. The normalized spacial score (nSPS) is 12.2. The third-order valence-corrected chi connectivity index (χ3v) is 3.43. The predicted molar refractivity (Wildman–Crippen MR) is 79.0 cm³/mol. The van der Waals surface area contributed by atoms with Crippen LogP contribution in [0, 0.1) is 24.2 Å². The lowest BCUT2D eigenvalue weighted by molar-refractivity contribution is -0.122. The number of amides is 1. The van der Waals surface area contributed by atoms with Crippen LogP contribution in [0.4, 0.5) is 0 Å². The molecule has 1 unspecified atom stereocenters. The van der Waals surface area contributed by atoms with E-state index in [-0.39, 0.29) is 11.9 Å². The lowest BCUT2D eigenvalue weighted by atomic mass is 10.2. The summed E-state index contributed by atoms with van der Waals surface area (Å²) in [5.74, 6) is 0.452. The van der Waals surface area contributed by atoms with Crippen molar-refractivity contribution in [1.29, 1.82) is 5.26 Å². The van der Waals surface area contributed by atoms with Gasteiger partial charge in [-0.3, -0.25) is 4.79 Å². The molecule has 1 aromatic heterocycles. The number of carbonyl (C=O) groups is 1. The Bertz CT molecular complexity index is 511. The van der Waals surface area contributed by atoms with Crippen LogP contribution in [0.25, 0.3) is 0 Å². The molecule has 1 atom stereocenters. The minimum atomic E-state index is -0.251. The fourth-order valence-corrected chi connectivity index (χ4v) is 1.86. The maximum absolute atomic E-state index is 11.9. The van der Waals surface area contributed by atoms with E-state index in [4.69, 9.17) is 5.26 Å². The maximum Gasteiger partial charge on any atom is 0.236 e. The Kier molecular flexibility index (Phi) is 5.78. The monoisotopic (exact) mass is 276 g/mol. The minimum Gasteiger partial charge on any atom is -0.354 e.